The van der Waals surface area contributed by atoms with Crippen molar-refractivity contribution >= 4 is 37.2 Å². The highest BCUT2D eigenvalue weighted by atomic mass is 79.9. The number of hydrogen-bond donors (Lipinski definition) is 1. The summed E-state index contributed by atoms with van der Waals surface area (Å²) in [7, 11) is -3.69. The fourth-order valence-corrected chi connectivity index (χ4v) is 2.85. The van der Waals surface area contributed by atoms with Crippen molar-refractivity contribution in [2.75, 3.05) is 6.26 Å². The van der Waals surface area contributed by atoms with Gasteiger partial charge in [-0.15, -0.1) is 0 Å². The molecule has 0 saturated heterocycles. The van der Waals surface area contributed by atoms with Crippen molar-refractivity contribution in [2.45, 2.75) is 0 Å². The van der Waals surface area contributed by atoms with Crippen LogP contribution in [0.3, 0.4) is 0 Å². The number of nitrogens with zero attached hydrogens (tertiary/aromatic N) is 3. The van der Waals surface area contributed by atoms with Gasteiger partial charge in [0.15, 0.2) is 5.65 Å². The van der Waals surface area contributed by atoms with Crippen LogP contribution < -0.4 is 4.18 Å². The predicted molar refractivity (Wildman–Crippen MR) is 83.7 cm³/mol. The van der Waals surface area contributed by atoms with Gasteiger partial charge < -0.3 is 9.29 Å². The van der Waals surface area contributed by atoms with Gasteiger partial charge in [-0.1, -0.05) is 12.1 Å². The van der Waals surface area contributed by atoms with E-state index in [1.807, 2.05) is 6.07 Å². The lowest BCUT2D eigenvalue weighted by Gasteiger charge is -2.07. The van der Waals surface area contributed by atoms with Crippen molar-refractivity contribution in [3.05, 3.63) is 40.9 Å². The first-order chi connectivity index (χ1) is 10.3. The second-order valence-electron chi connectivity index (χ2n) is 4.48. The molecule has 22 heavy (non-hydrogen) atoms. The zero-order valence-corrected chi connectivity index (χ0v) is 13.7. The Morgan fingerprint density at radius 3 is 2.59 bits per heavy atom. The van der Waals surface area contributed by atoms with Crippen LogP contribution >= 0.6 is 15.9 Å². The Kier molecular flexibility index (Phi) is 3.53. The minimum atomic E-state index is -3.69. The normalized spacial score (nSPS) is 11.7. The number of para-hydroxylation sites is 1. The van der Waals surface area contributed by atoms with Gasteiger partial charge in [0.05, 0.1) is 11.9 Å². The van der Waals surface area contributed by atoms with Gasteiger partial charge in [0.2, 0.25) is 5.88 Å². The first-order valence-electron chi connectivity index (χ1n) is 6.08. The molecular weight excluding hydrogens is 374 g/mol. The van der Waals surface area contributed by atoms with Crippen LogP contribution in [-0.4, -0.2) is 34.3 Å². The molecule has 0 aliphatic rings. The van der Waals surface area contributed by atoms with Gasteiger partial charge in [-0.25, -0.2) is 4.57 Å². The molecule has 114 valence electrons. The van der Waals surface area contributed by atoms with E-state index >= 15 is 0 Å². The fraction of sp³-hybridized carbons (Fsp3) is 0.0769. The molecule has 2 aromatic heterocycles. The van der Waals surface area contributed by atoms with Crippen LogP contribution in [0.4, 0.5) is 0 Å². The highest BCUT2D eigenvalue weighted by Gasteiger charge is 2.16. The second-order valence-corrected chi connectivity index (χ2v) is 6.91. The van der Waals surface area contributed by atoms with Gasteiger partial charge in [0.1, 0.15) is 5.52 Å². The van der Waals surface area contributed by atoms with Crippen molar-refractivity contribution < 1.29 is 17.7 Å². The van der Waals surface area contributed by atoms with Crippen LogP contribution in [0.5, 0.6) is 11.9 Å². The number of pyridine rings is 1. The number of benzene rings is 1. The van der Waals surface area contributed by atoms with Gasteiger partial charge in [-0.05, 0) is 34.1 Å². The molecule has 0 fully saturated rings. The fourth-order valence-electron chi connectivity index (χ4n) is 1.98. The Morgan fingerprint density at radius 2 is 1.91 bits per heavy atom. The first kappa shape index (κ1) is 14.8. The van der Waals surface area contributed by atoms with Crippen molar-refractivity contribution in [2.24, 2.45) is 0 Å². The molecule has 1 aromatic carbocycles. The number of aromatic hydroxyl groups is 1. The number of hydrogen-bond acceptors (Lipinski definition) is 6. The molecule has 1 N–H and O–H groups in total. The minimum absolute atomic E-state index is 0.0943. The summed E-state index contributed by atoms with van der Waals surface area (Å²) < 4.78 is 29.3. The molecule has 0 aliphatic carbocycles. The van der Waals surface area contributed by atoms with Gasteiger partial charge in [-0.2, -0.15) is 18.4 Å². The molecule has 0 radical (unpaired) electrons. The zero-order valence-electron chi connectivity index (χ0n) is 11.3. The molecule has 0 aliphatic heterocycles. The standard InChI is InChI=1S/C13H10BrN3O4S/c1-22(19,20)21-11-7-6-9-12(16-11)17(13(18)15-9)10-5-3-2-4-8(10)14/h2-7H,1H3,(H,15,18). The summed E-state index contributed by atoms with van der Waals surface area (Å²) in [6.07, 6.45) is 0.932. The summed E-state index contributed by atoms with van der Waals surface area (Å²) in [6, 6.07) is 9.83. The van der Waals surface area contributed by atoms with Gasteiger partial charge in [-0.3, -0.25) is 0 Å². The van der Waals surface area contributed by atoms with Crippen molar-refractivity contribution in [1.29, 1.82) is 0 Å². The van der Waals surface area contributed by atoms with Gasteiger partial charge >= 0.3 is 16.1 Å². The maximum atomic E-state index is 11.2. The Morgan fingerprint density at radius 1 is 1.18 bits per heavy atom. The highest BCUT2D eigenvalue weighted by molar-refractivity contribution is 9.10. The monoisotopic (exact) mass is 383 g/mol. The predicted octanol–water partition coefficient (Wildman–Crippen LogP) is 2.23. The molecule has 2 heterocycles. The summed E-state index contributed by atoms with van der Waals surface area (Å²) in [5, 5.41) is 10.1. The van der Waals surface area contributed by atoms with E-state index in [4.69, 9.17) is 4.18 Å². The van der Waals surface area contributed by atoms with E-state index in [2.05, 4.69) is 25.9 Å². The van der Waals surface area contributed by atoms with E-state index < -0.39 is 10.1 Å². The SMILES string of the molecule is CS(=O)(=O)Oc1ccc2nc(O)n(-c3ccccc3Br)c2n1. The van der Waals surface area contributed by atoms with Crippen molar-refractivity contribution in [3.8, 4) is 17.6 Å². The molecule has 0 bridgehead atoms. The number of aromatic nitrogens is 3. The molecule has 0 atom stereocenters. The Balaban J connectivity index is 2.24. The average Bonchev–Trinajstić information content (AvgIpc) is 2.73. The third kappa shape index (κ3) is 2.77. The van der Waals surface area contributed by atoms with Crippen LogP contribution in [0.15, 0.2) is 40.9 Å². The van der Waals surface area contributed by atoms with E-state index in [0.29, 0.717) is 11.2 Å². The molecule has 0 unspecified atom stereocenters. The lowest BCUT2D eigenvalue weighted by Crippen LogP contribution is -2.07. The largest absolute Gasteiger partial charge is 0.480 e. The smallest absolute Gasteiger partial charge is 0.307 e. The van der Waals surface area contributed by atoms with Crippen molar-refractivity contribution in [1.82, 2.24) is 14.5 Å². The molecule has 9 heteroatoms. The highest BCUT2D eigenvalue weighted by Crippen LogP contribution is 2.30. The minimum Gasteiger partial charge on any atom is -0.480 e. The maximum absolute atomic E-state index is 11.2. The van der Waals surface area contributed by atoms with E-state index in [-0.39, 0.29) is 17.5 Å². The first-order valence-corrected chi connectivity index (χ1v) is 8.69. The lowest BCUT2D eigenvalue weighted by atomic mass is 10.3. The average molecular weight is 384 g/mol. The molecule has 7 nitrogen and oxygen atoms in total. The molecule has 0 saturated carbocycles. The maximum Gasteiger partial charge on any atom is 0.307 e. The molecule has 3 rings (SSSR count). The summed E-state index contributed by atoms with van der Waals surface area (Å²) in [4.78, 5) is 8.12. The van der Waals surface area contributed by atoms with E-state index in [0.717, 1.165) is 10.7 Å². The van der Waals surface area contributed by atoms with Crippen LogP contribution in [0, 0.1) is 0 Å². The van der Waals surface area contributed by atoms with Crippen molar-refractivity contribution in [3.63, 3.8) is 0 Å². The Hall–Kier alpha value is -2.13. The molecule has 0 amide bonds. The van der Waals surface area contributed by atoms with Crippen LogP contribution in [0.1, 0.15) is 0 Å². The Labute approximate surface area is 134 Å². The number of rotatable bonds is 3. The Bertz CT molecular complexity index is 969. The van der Waals surface area contributed by atoms with Crippen LogP contribution in [0.2, 0.25) is 0 Å². The van der Waals surface area contributed by atoms with E-state index in [9.17, 15) is 13.5 Å². The summed E-state index contributed by atoms with van der Waals surface area (Å²) in [5.74, 6) is -0.0943. The summed E-state index contributed by atoms with van der Waals surface area (Å²) in [6.45, 7) is 0. The van der Waals surface area contributed by atoms with Crippen LogP contribution in [0.25, 0.3) is 16.9 Å². The van der Waals surface area contributed by atoms with E-state index in [1.54, 1.807) is 18.2 Å². The third-order valence-electron chi connectivity index (χ3n) is 2.79. The van der Waals surface area contributed by atoms with Gasteiger partial charge in [0.25, 0.3) is 0 Å². The van der Waals surface area contributed by atoms with Gasteiger partial charge in [0, 0.05) is 10.5 Å². The third-order valence-corrected chi connectivity index (χ3v) is 3.94. The zero-order chi connectivity index (χ0) is 15.9. The molecule has 3 aromatic rings. The van der Waals surface area contributed by atoms with E-state index in [1.165, 1.54) is 16.7 Å². The topological polar surface area (TPSA) is 94.3 Å². The summed E-state index contributed by atoms with van der Waals surface area (Å²) in [5.41, 5.74) is 1.31. The lowest BCUT2D eigenvalue weighted by molar-refractivity contribution is 0.424. The second kappa shape index (κ2) is 5.25. The summed E-state index contributed by atoms with van der Waals surface area (Å²) >= 11 is 3.39. The quantitative estimate of drug-likeness (QED) is 0.696. The molecular formula is C13H10BrN3O4S. The molecule has 0 spiro atoms. The number of imidazole rings is 1. The van der Waals surface area contributed by atoms with Crippen LogP contribution in [-0.2, 0) is 10.1 Å². The number of halogens is 1. The number of fused-ring (bicyclic) bond motifs is 1.